The number of alkyl halides is 3. The molecule has 2 saturated heterocycles. The molecule has 0 aromatic heterocycles. The average molecular weight is 411 g/mol. The molecular weight excluding hydrogens is 383 g/mol. The van der Waals surface area contributed by atoms with Crippen LogP contribution < -0.4 is 0 Å². The third-order valence-corrected chi connectivity index (χ3v) is 5.75. The number of amides is 2. The Balaban J connectivity index is 1.57. The van der Waals surface area contributed by atoms with E-state index in [0.29, 0.717) is 26.2 Å². The zero-order valence-corrected chi connectivity index (χ0v) is 16.7. The summed E-state index contributed by atoms with van der Waals surface area (Å²) in [7, 11) is 0. The van der Waals surface area contributed by atoms with Gasteiger partial charge in [0.25, 0.3) is 5.91 Å². The second kappa shape index (κ2) is 9.15. The van der Waals surface area contributed by atoms with Crippen LogP contribution in [0.1, 0.15) is 48.5 Å². The van der Waals surface area contributed by atoms with E-state index in [1.54, 1.807) is 4.90 Å². The van der Waals surface area contributed by atoms with Crippen molar-refractivity contribution in [2.75, 3.05) is 39.3 Å². The van der Waals surface area contributed by atoms with E-state index in [9.17, 15) is 22.8 Å². The SMILES string of the molecule is CCCN1CCCCC1C(=O)N1CCN(C(=O)c2ccc(C(F)(F)F)cc2)CC1. The van der Waals surface area contributed by atoms with Crippen LogP contribution in [0, 0.1) is 0 Å². The van der Waals surface area contributed by atoms with Crippen LogP contribution in [0.2, 0.25) is 0 Å². The molecule has 2 aliphatic heterocycles. The van der Waals surface area contributed by atoms with Gasteiger partial charge in [0.15, 0.2) is 0 Å². The minimum Gasteiger partial charge on any atom is -0.338 e. The molecule has 3 rings (SSSR count). The quantitative estimate of drug-likeness (QED) is 0.764. The molecule has 8 heteroatoms. The van der Waals surface area contributed by atoms with Gasteiger partial charge < -0.3 is 9.80 Å². The summed E-state index contributed by atoms with van der Waals surface area (Å²) in [5, 5.41) is 0. The van der Waals surface area contributed by atoms with Crippen molar-refractivity contribution in [2.24, 2.45) is 0 Å². The summed E-state index contributed by atoms with van der Waals surface area (Å²) in [5.74, 6) is -0.157. The standard InChI is InChI=1S/C21H28F3N3O2/c1-2-10-25-11-4-3-5-18(25)20(29)27-14-12-26(13-15-27)19(28)16-6-8-17(9-7-16)21(22,23)24/h6-9,18H,2-5,10-15H2,1H3. The topological polar surface area (TPSA) is 43.9 Å². The number of nitrogens with zero attached hydrogens (tertiary/aromatic N) is 3. The number of benzene rings is 1. The first-order valence-electron chi connectivity index (χ1n) is 10.3. The van der Waals surface area contributed by atoms with E-state index in [1.807, 2.05) is 4.90 Å². The zero-order valence-electron chi connectivity index (χ0n) is 16.7. The lowest BCUT2D eigenvalue weighted by atomic mass is 10.00. The smallest absolute Gasteiger partial charge is 0.338 e. The zero-order chi connectivity index (χ0) is 21.0. The highest BCUT2D eigenvalue weighted by Crippen LogP contribution is 2.29. The highest BCUT2D eigenvalue weighted by molar-refractivity contribution is 5.94. The molecule has 2 aliphatic rings. The van der Waals surface area contributed by atoms with E-state index >= 15 is 0 Å². The number of rotatable bonds is 4. The first-order chi connectivity index (χ1) is 13.8. The number of hydrogen-bond acceptors (Lipinski definition) is 3. The largest absolute Gasteiger partial charge is 0.416 e. The molecular formula is C21H28F3N3O2. The Morgan fingerprint density at radius 2 is 1.59 bits per heavy atom. The molecule has 0 spiro atoms. The summed E-state index contributed by atoms with van der Waals surface area (Å²) in [6.45, 7) is 5.70. The van der Waals surface area contributed by atoms with Crippen molar-refractivity contribution in [3.63, 3.8) is 0 Å². The molecule has 1 aromatic carbocycles. The fraction of sp³-hybridized carbons (Fsp3) is 0.619. The molecule has 2 fully saturated rings. The number of carbonyl (C=O) groups excluding carboxylic acids is 2. The molecule has 2 heterocycles. The van der Waals surface area contributed by atoms with E-state index in [0.717, 1.165) is 50.9 Å². The second-order valence-corrected chi connectivity index (χ2v) is 7.74. The van der Waals surface area contributed by atoms with Crippen molar-refractivity contribution in [2.45, 2.75) is 44.8 Å². The van der Waals surface area contributed by atoms with E-state index in [1.165, 1.54) is 12.1 Å². The molecule has 2 amide bonds. The van der Waals surface area contributed by atoms with Gasteiger partial charge in [-0.05, 0) is 56.6 Å². The first kappa shape index (κ1) is 21.6. The Bertz CT molecular complexity index is 711. The van der Waals surface area contributed by atoms with Gasteiger partial charge in [0.2, 0.25) is 5.91 Å². The maximum atomic E-state index is 13.0. The first-order valence-corrected chi connectivity index (χ1v) is 10.3. The van der Waals surface area contributed by atoms with Gasteiger partial charge in [0.05, 0.1) is 11.6 Å². The molecule has 1 unspecified atom stereocenters. The van der Waals surface area contributed by atoms with E-state index < -0.39 is 11.7 Å². The highest BCUT2D eigenvalue weighted by atomic mass is 19.4. The summed E-state index contributed by atoms with van der Waals surface area (Å²) in [6.07, 6.45) is -0.344. The van der Waals surface area contributed by atoms with E-state index in [2.05, 4.69) is 11.8 Å². The van der Waals surface area contributed by atoms with Gasteiger partial charge in [0, 0.05) is 31.7 Å². The molecule has 0 radical (unpaired) electrons. The lowest BCUT2D eigenvalue weighted by molar-refractivity contribution is -0.140. The molecule has 0 N–H and O–H groups in total. The van der Waals surface area contributed by atoms with Crippen LogP contribution in [-0.4, -0.2) is 71.8 Å². The maximum Gasteiger partial charge on any atom is 0.416 e. The number of piperidine rings is 1. The fourth-order valence-electron chi connectivity index (χ4n) is 4.15. The summed E-state index contributed by atoms with van der Waals surface area (Å²) in [5.41, 5.74) is -0.534. The van der Waals surface area contributed by atoms with Crippen molar-refractivity contribution in [3.05, 3.63) is 35.4 Å². The number of hydrogen-bond donors (Lipinski definition) is 0. The summed E-state index contributed by atoms with van der Waals surface area (Å²) in [6, 6.07) is 4.22. The van der Waals surface area contributed by atoms with Gasteiger partial charge in [-0.2, -0.15) is 13.2 Å². The summed E-state index contributed by atoms with van der Waals surface area (Å²) in [4.78, 5) is 31.3. The lowest BCUT2D eigenvalue weighted by Gasteiger charge is -2.40. The molecule has 160 valence electrons. The van der Waals surface area contributed by atoms with Crippen molar-refractivity contribution in [1.29, 1.82) is 0 Å². The Morgan fingerprint density at radius 3 is 2.17 bits per heavy atom. The molecule has 1 atom stereocenters. The molecule has 29 heavy (non-hydrogen) atoms. The predicted octanol–water partition coefficient (Wildman–Crippen LogP) is 3.25. The summed E-state index contributed by atoms with van der Waals surface area (Å²) < 4.78 is 38.1. The monoisotopic (exact) mass is 411 g/mol. The van der Waals surface area contributed by atoms with Crippen LogP contribution in [0.3, 0.4) is 0 Å². The van der Waals surface area contributed by atoms with Gasteiger partial charge in [-0.25, -0.2) is 0 Å². The fourth-order valence-corrected chi connectivity index (χ4v) is 4.15. The van der Waals surface area contributed by atoms with Gasteiger partial charge in [0.1, 0.15) is 0 Å². The molecule has 1 aromatic rings. The van der Waals surface area contributed by atoms with Crippen LogP contribution in [0.4, 0.5) is 13.2 Å². The molecule has 0 bridgehead atoms. The number of carbonyl (C=O) groups is 2. The minimum absolute atomic E-state index is 0.0686. The summed E-state index contributed by atoms with van der Waals surface area (Å²) >= 11 is 0. The number of piperazine rings is 1. The highest BCUT2D eigenvalue weighted by Gasteiger charge is 2.34. The van der Waals surface area contributed by atoms with E-state index in [-0.39, 0.29) is 23.4 Å². The van der Waals surface area contributed by atoms with Crippen molar-refractivity contribution in [3.8, 4) is 0 Å². The predicted molar refractivity (Wildman–Crippen MR) is 103 cm³/mol. The van der Waals surface area contributed by atoms with Gasteiger partial charge in [-0.1, -0.05) is 13.3 Å². The molecule has 5 nitrogen and oxygen atoms in total. The van der Waals surface area contributed by atoms with Crippen LogP contribution >= 0.6 is 0 Å². The van der Waals surface area contributed by atoms with Gasteiger partial charge in [-0.3, -0.25) is 14.5 Å². The molecule has 0 saturated carbocycles. The van der Waals surface area contributed by atoms with Gasteiger partial charge >= 0.3 is 6.18 Å². The lowest BCUT2D eigenvalue weighted by Crippen LogP contribution is -2.56. The van der Waals surface area contributed by atoms with Crippen molar-refractivity contribution >= 4 is 11.8 Å². The minimum atomic E-state index is -4.42. The third-order valence-electron chi connectivity index (χ3n) is 5.75. The maximum absolute atomic E-state index is 13.0. The Hall–Kier alpha value is -2.09. The van der Waals surface area contributed by atoms with E-state index in [4.69, 9.17) is 0 Å². The Morgan fingerprint density at radius 1 is 0.966 bits per heavy atom. The second-order valence-electron chi connectivity index (χ2n) is 7.74. The van der Waals surface area contributed by atoms with Crippen LogP contribution in [0.5, 0.6) is 0 Å². The van der Waals surface area contributed by atoms with Crippen LogP contribution in [0.15, 0.2) is 24.3 Å². The third kappa shape index (κ3) is 5.10. The van der Waals surface area contributed by atoms with Crippen LogP contribution in [-0.2, 0) is 11.0 Å². The Kier molecular flexibility index (Phi) is 6.82. The number of likely N-dealkylation sites (tertiary alicyclic amines) is 1. The van der Waals surface area contributed by atoms with Gasteiger partial charge in [-0.15, -0.1) is 0 Å². The number of halogens is 3. The molecule has 0 aliphatic carbocycles. The van der Waals surface area contributed by atoms with Crippen LogP contribution in [0.25, 0.3) is 0 Å². The van der Waals surface area contributed by atoms with Crippen molar-refractivity contribution < 1.29 is 22.8 Å². The Labute approximate surface area is 169 Å². The average Bonchev–Trinajstić information content (AvgIpc) is 2.73. The van der Waals surface area contributed by atoms with Crippen molar-refractivity contribution in [1.82, 2.24) is 14.7 Å². The normalized spacial score (nSPS) is 21.3.